The van der Waals surface area contributed by atoms with Crippen LogP contribution in [0.2, 0.25) is 0 Å². The Bertz CT molecular complexity index is 1200. The maximum atomic E-state index is 13.2. The first kappa shape index (κ1) is 20.3. The van der Waals surface area contributed by atoms with Gasteiger partial charge in [-0.3, -0.25) is 4.79 Å². The van der Waals surface area contributed by atoms with Crippen LogP contribution in [0, 0.1) is 0 Å². The number of carbonyl (C=O) groups is 2. The van der Waals surface area contributed by atoms with Gasteiger partial charge in [-0.2, -0.15) is 5.10 Å². The van der Waals surface area contributed by atoms with Crippen molar-refractivity contribution in [3.05, 3.63) is 47.9 Å². The normalized spacial score (nSPS) is 20.0. The van der Waals surface area contributed by atoms with Crippen LogP contribution in [0.25, 0.3) is 5.65 Å². The van der Waals surface area contributed by atoms with Crippen molar-refractivity contribution in [2.75, 3.05) is 43.6 Å². The van der Waals surface area contributed by atoms with Crippen molar-refractivity contribution in [2.45, 2.75) is 18.9 Å². The monoisotopic (exact) mass is 437 g/mol. The van der Waals surface area contributed by atoms with Crippen molar-refractivity contribution < 1.29 is 23.8 Å². The number of esters is 1. The molecule has 1 aromatic carbocycles. The van der Waals surface area contributed by atoms with E-state index in [0.717, 1.165) is 11.3 Å². The lowest BCUT2D eigenvalue weighted by atomic mass is 9.98. The summed E-state index contributed by atoms with van der Waals surface area (Å²) >= 11 is 0. The Balaban J connectivity index is 1.51. The summed E-state index contributed by atoms with van der Waals surface area (Å²) in [6, 6.07) is 5.49. The van der Waals surface area contributed by atoms with Gasteiger partial charge in [-0.15, -0.1) is 0 Å². The Morgan fingerprint density at radius 3 is 2.84 bits per heavy atom. The number of hydrogen-bond donors (Lipinski definition) is 1. The van der Waals surface area contributed by atoms with Crippen molar-refractivity contribution in [1.82, 2.24) is 14.6 Å². The lowest BCUT2D eigenvalue weighted by Gasteiger charge is -2.31. The number of rotatable bonds is 4. The van der Waals surface area contributed by atoms with E-state index in [4.69, 9.17) is 14.2 Å². The molecule has 1 unspecified atom stereocenters. The first-order chi connectivity index (χ1) is 15.5. The number of nitrogens with one attached hydrogen (secondary N) is 1. The molecule has 1 fully saturated rings. The van der Waals surface area contributed by atoms with E-state index in [2.05, 4.69) is 20.3 Å². The Labute approximate surface area is 184 Å². The average Bonchev–Trinajstić information content (AvgIpc) is 3.39. The third-order valence-corrected chi connectivity index (χ3v) is 5.78. The maximum Gasteiger partial charge on any atom is 0.350 e. The molecule has 4 heterocycles. The third-order valence-electron chi connectivity index (χ3n) is 5.78. The van der Waals surface area contributed by atoms with Gasteiger partial charge in [0.15, 0.2) is 5.65 Å². The fourth-order valence-electron chi connectivity index (χ4n) is 4.16. The third kappa shape index (κ3) is 3.42. The first-order valence-electron chi connectivity index (χ1n) is 10.4. The van der Waals surface area contributed by atoms with Gasteiger partial charge in [-0.25, -0.2) is 14.3 Å². The van der Waals surface area contributed by atoms with Crippen molar-refractivity contribution in [2.24, 2.45) is 0 Å². The second-order valence-electron chi connectivity index (χ2n) is 7.98. The van der Waals surface area contributed by atoms with E-state index in [1.807, 2.05) is 12.1 Å². The van der Waals surface area contributed by atoms with E-state index in [0.29, 0.717) is 55.4 Å². The Kier molecular flexibility index (Phi) is 4.93. The molecule has 10 heteroatoms. The van der Waals surface area contributed by atoms with E-state index in [1.165, 1.54) is 13.3 Å². The van der Waals surface area contributed by atoms with Crippen LogP contribution in [0.1, 0.15) is 22.8 Å². The fourth-order valence-corrected chi connectivity index (χ4v) is 4.16. The van der Waals surface area contributed by atoms with Gasteiger partial charge in [-0.1, -0.05) is 0 Å². The summed E-state index contributed by atoms with van der Waals surface area (Å²) < 4.78 is 18.0. The second kappa shape index (κ2) is 7.79. The average molecular weight is 437 g/mol. The summed E-state index contributed by atoms with van der Waals surface area (Å²) in [5, 5.41) is 7.21. The number of aromatic nitrogens is 3. The molecule has 5 rings (SSSR count). The zero-order chi connectivity index (χ0) is 22.3. The highest BCUT2D eigenvalue weighted by atomic mass is 16.6. The highest BCUT2D eigenvalue weighted by Gasteiger charge is 2.43. The largest absolute Gasteiger partial charge is 0.475 e. The number of carbonyl (C=O) groups excluding carboxylic acids is 2. The molecule has 2 aromatic heterocycles. The summed E-state index contributed by atoms with van der Waals surface area (Å²) in [7, 11) is 1.34. The number of benzene rings is 1. The summed E-state index contributed by atoms with van der Waals surface area (Å²) in [6.07, 6.45) is 5.20. The van der Waals surface area contributed by atoms with Gasteiger partial charge in [-0.05, 0) is 19.1 Å². The van der Waals surface area contributed by atoms with E-state index in [1.54, 1.807) is 29.9 Å². The molecule has 1 amide bonds. The first-order valence-corrected chi connectivity index (χ1v) is 10.4. The number of hydrogen-bond acceptors (Lipinski definition) is 8. The SMILES string of the molecule is COC(=O)C1(C)Cc2cc(NC(=O)c3cnn4cccnc34)c(N3CCOCC3)cc2O1. The van der Waals surface area contributed by atoms with Crippen LogP contribution >= 0.6 is 0 Å². The van der Waals surface area contributed by atoms with E-state index < -0.39 is 11.6 Å². The molecule has 32 heavy (non-hydrogen) atoms. The number of amides is 1. The van der Waals surface area contributed by atoms with Gasteiger partial charge in [0.05, 0.1) is 37.9 Å². The van der Waals surface area contributed by atoms with E-state index >= 15 is 0 Å². The minimum atomic E-state index is -1.10. The highest BCUT2D eigenvalue weighted by Crippen LogP contribution is 2.42. The van der Waals surface area contributed by atoms with E-state index in [9.17, 15) is 9.59 Å². The standard InChI is InChI=1S/C22H23N5O5/c1-22(21(29)30-2)12-14-10-16(17(11-18(14)32-22)26-6-8-31-9-7-26)25-20(28)15-13-24-27-5-3-4-23-19(15)27/h3-5,10-11,13H,6-9,12H2,1-2H3,(H,25,28). The topological polar surface area (TPSA) is 107 Å². The number of methoxy groups -OCH3 is 1. The van der Waals surface area contributed by atoms with Crippen LogP contribution in [0.15, 0.2) is 36.8 Å². The number of ether oxygens (including phenoxy) is 3. The number of fused-ring (bicyclic) bond motifs is 2. The maximum absolute atomic E-state index is 13.2. The van der Waals surface area contributed by atoms with Crippen LogP contribution in [-0.4, -0.2) is 65.5 Å². The molecule has 2 aliphatic rings. The molecular formula is C22H23N5O5. The molecule has 1 N–H and O–H groups in total. The minimum Gasteiger partial charge on any atom is -0.475 e. The molecule has 10 nitrogen and oxygen atoms in total. The summed E-state index contributed by atoms with van der Waals surface area (Å²) in [5.74, 6) is -0.150. The lowest BCUT2D eigenvalue weighted by molar-refractivity contribution is -0.156. The minimum absolute atomic E-state index is 0.317. The lowest BCUT2D eigenvalue weighted by Crippen LogP contribution is -2.41. The summed E-state index contributed by atoms with van der Waals surface area (Å²) in [5.41, 5.74) is 2.00. The second-order valence-corrected chi connectivity index (χ2v) is 7.98. The van der Waals surface area contributed by atoms with Crippen molar-refractivity contribution >= 4 is 28.9 Å². The van der Waals surface area contributed by atoms with Gasteiger partial charge in [0, 0.05) is 43.5 Å². The summed E-state index contributed by atoms with van der Waals surface area (Å²) in [6.45, 7) is 4.23. The van der Waals surface area contributed by atoms with Gasteiger partial charge < -0.3 is 24.4 Å². The molecule has 0 saturated carbocycles. The number of anilines is 2. The number of morpholine rings is 1. The molecule has 2 aliphatic heterocycles. The Morgan fingerprint density at radius 2 is 2.06 bits per heavy atom. The van der Waals surface area contributed by atoms with Crippen LogP contribution in [-0.2, 0) is 20.7 Å². The Hall–Kier alpha value is -3.66. The van der Waals surface area contributed by atoms with Crippen LogP contribution in [0.4, 0.5) is 11.4 Å². The van der Waals surface area contributed by atoms with Gasteiger partial charge in [0.2, 0.25) is 5.60 Å². The van der Waals surface area contributed by atoms with Crippen molar-refractivity contribution in [1.29, 1.82) is 0 Å². The highest BCUT2D eigenvalue weighted by molar-refractivity contribution is 6.09. The van der Waals surface area contributed by atoms with Crippen LogP contribution in [0.5, 0.6) is 5.75 Å². The van der Waals surface area contributed by atoms with E-state index in [-0.39, 0.29) is 5.91 Å². The quantitative estimate of drug-likeness (QED) is 0.615. The molecule has 1 saturated heterocycles. The van der Waals surface area contributed by atoms with Gasteiger partial charge in [0.1, 0.15) is 11.3 Å². The predicted molar refractivity (Wildman–Crippen MR) is 115 cm³/mol. The number of nitrogens with zero attached hydrogens (tertiary/aromatic N) is 4. The smallest absolute Gasteiger partial charge is 0.350 e. The zero-order valence-corrected chi connectivity index (χ0v) is 17.8. The molecule has 0 bridgehead atoms. The molecule has 3 aromatic rings. The molecule has 0 radical (unpaired) electrons. The van der Waals surface area contributed by atoms with Gasteiger partial charge >= 0.3 is 5.97 Å². The molecule has 1 atom stereocenters. The predicted octanol–water partition coefficient (Wildman–Crippen LogP) is 1.68. The van der Waals surface area contributed by atoms with Crippen molar-refractivity contribution in [3.63, 3.8) is 0 Å². The van der Waals surface area contributed by atoms with Crippen LogP contribution in [0.3, 0.4) is 0 Å². The molecule has 0 spiro atoms. The van der Waals surface area contributed by atoms with Crippen LogP contribution < -0.4 is 15.0 Å². The van der Waals surface area contributed by atoms with Gasteiger partial charge in [0.25, 0.3) is 5.91 Å². The molecule has 166 valence electrons. The molecule has 0 aliphatic carbocycles. The fraction of sp³-hybridized carbons (Fsp3) is 0.364. The summed E-state index contributed by atoms with van der Waals surface area (Å²) in [4.78, 5) is 31.8. The zero-order valence-electron chi connectivity index (χ0n) is 17.8. The Morgan fingerprint density at radius 1 is 1.25 bits per heavy atom. The van der Waals surface area contributed by atoms with Crippen molar-refractivity contribution in [3.8, 4) is 5.75 Å². The molecular weight excluding hydrogens is 414 g/mol.